The molecule has 0 saturated heterocycles. The van der Waals surface area contributed by atoms with Crippen LogP contribution in [0.25, 0.3) is 0 Å². The normalized spacial score (nSPS) is 10.8. The van der Waals surface area contributed by atoms with Crippen molar-refractivity contribution in [2.45, 2.75) is 0 Å². The average molecular weight is 769 g/mol. The molecule has 0 atom stereocenters. The number of amides is 1. The molecule has 3 aromatic rings. The first-order valence-corrected chi connectivity index (χ1v) is 13.1. The van der Waals surface area contributed by atoms with Crippen LogP contribution in [-0.2, 0) is 4.79 Å². The van der Waals surface area contributed by atoms with Crippen molar-refractivity contribution in [1.29, 1.82) is 0 Å². The van der Waals surface area contributed by atoms with E-state index >= 15 is 0 Å². The average Bonchev–Trinajstić information content (AvgIpc) is 2.75. The van der Waals surface area contributed by atoms with E-state index in [0.717, 1.165) is 8.95 Å². The van der Waals surface area contributed by atoms with Crippen molar-refractivity contribution in [1.82, 2.24) is 5.43 Å². The minimum atomic E-state index is -0.517. The molecule has 0 radical (unpaired) electrons. The Hall–Kier alpha value is -1.53. The molecule has 0 unspecified atom stereocenters. The van der Waals surface area contributed by atoms with E-state index in [1.807, 2.05) is 6.07 Å². The maximum atomic E-state index is 12.5. The summed E-state index contributed by atoms with van der Waals surface area (Å²) in [5.41, 5.74) is 3.28. The molecule has 6 nitrogen and oxygen atoms in total. The van der Waals surface area contributed by atoms with Crippen molar-refractivity contribution in [3.63, 3.8) is 0 Å². The lowest BCUT2D eigenvalue weighted by Crippen LogP contribution is -2.24. The number of nitrogens with zero attached hydrogens (tertiary/aromatic N) is 1. The number of carbonyl (C=O) groups excluding carboxylic acids is 2. The number of rotatable bonds is 7. The number of hydrazone groups is 1. The van der Waals surface area contributed by atoms with E-state index in [0.29, 0.717) is 30.3 Å². The molecule has 3 rings (SSSR count). The number of ether oxygens (including phenoxy) is 2. The third kappa shape index (κ3) is 7.48. The Labute approximate surface area is 231 Å². The van der Waals surface area contributed by atoms with Crippen molar-refractivity contribution in [3.8, 4) is 11.5 Å². The van der Waals surface area contributed by atoms with Gasteiger partial charge in [0.05, 0.1) is 25.2 Å². The SMILES string of the molecule is O=C(COc1c(Br)cc(Br)cc1Br)N/N=C\c1cc(Br)cc(Br)c1OC(=O)c1ccccc1. The zero-order valence-electron chi connectivity index (χ0n) is 16.5. The highest BCUT2D eigenvalue weighted by molar-refractivity contribution is 9.12. The first-order valence-electron chi connectivity index (χ1n) is 9.10. The van der Waals surface area contributed by atoms with Gasteiger partial charge in [0, 0.05) is 14.5 Å². The van der Waals surface area contributed by atoms with Crippen LogP contribution < -0.4 is 14.9 Å². The number of nitrogens with one attached hydrogen (secondary N) is 1. The van der Waals surface area contributed by atoms with Crippen LogP contribution in [0.5, 0.6) is 11.5 Å². The van der Waals surface area contributed by atoms with Gasteiger partial charge in [0.2, 0.25) is 0 Å². The van der Waals surface area contributed by atoms with E-state index < -0.39 is 11.9 Å². The smallest absolute Gasteiger partial charge is 0.343 e. The van der Waals surface area contributed by atoms with Gasteiger partial charge in [-0.2, -0.15) is 5.10 Å². The van der Waals surface area contributed by atoms with E-state index in [9.17, 15) is 9.59 Å². The Kier molecular flexibility index (Phi) is 9.69. The molecule has 11 heteroatoms. The third-order valence-corrected chi connectivity index (χ3v) is 6.63. The first kappa shape index (κ1) is 26.1. The molecule has 0 aliphatic rings. The molecule has 170 valence electrons. The van der Waals surface area contributed by atoms with Crippen molar-refractivity contribution < 1.29 is 19.1 Å². The Morgan fingerprint density at radius 3 is 2.06 bits per heavy atom. The van der Waals surface area contributed by atoms with Crippen LogP contribution in [0.15, 0.2) is 82.1 Å². The summed E-state index contributed by atoms with van der Waals surface area (Å²) in [6.07, 6.45) is 1.38. The van der Waals surface area contributed by atoms with Crippen molar-refractivity contribution in [3.05, 3.63) is 88.1 Å². The summed E-state index contributed by atoms with van der Waals surface area (Å²) in [5, 5.41) is 3.97. The lowest BCUT2D eigenvalue weighted by molar-refractivity contribution is -0.123. The largest absolute Gasteiger partial charge is 0.481 e. The van der Waals surface area contributed by atoms with Crippen molar-refractivity contribution >= 4 is 97.7 Å². The fraction of sp³-hybridized carbons (Fsp3) is 0.0455. The quantitative estimate of drug-likeness (QED) is 0.119. The summed E-state index contributed by atoms with van der Waals surface area (Å²) in [6.45, 7) is -0.256. The molecule has 0 fully saturated rings. The third-order valence-electron chi connectivity index (χ3n) is 3.94. The summed E-state index contributed by atoms with van der Waals surface area (Å²) >= 11 is 17.0. The predicted molar refractivity (Wildman–Crippen MR) is 144 cm³/mol. The molecule has 0 aromatic heterocycles. The maximum absolute atomic E-state index is 12.5. The molecular formula is C22H13Br5N2O4. The van der Waals surface area contributed by atoms with Crippen LogP contribution in [-0.4, -0.2) is 24.7 Å². The summed E-state index contributed by atoms with van der Waals surface area (Å²) in [7, 11) is 0. The lowest BCUT2D eigenvalue weighted by Gasteiger charge is -2.11. The van der Waals surface area contributed by atoms with E-state index in [-0.39, 0.29) is 12.4 Å². The fourth-order valence-corrected chi connectivity index (χ4v) is 6.35. The number of hydrogen-bond donors (Lipinski definition) is 1. The number of carbonyl (C=O) groups is 2. The Morgan fingerprint density at radius 1 is 0.848 bits per heavy atom. The Balaban J connectivity index is 1.68. The van der Waals surface area contributed by atoms with Gasteiger partial charge in [0.1, 0.15) is 5.75 Å². The second kappa shape index (κ2) is 12.3. The molecule has 0 saturated carbocycles. The molecule has 0 bridgehead atoms. The fourth-order valence-electron chi connectivity index (χ4n) is 2.52. The Bertz CT molecular complexity index is 1200. The molecule has 33 heavy (non-hydrogen) atoms. The summed E-state index contributed by atoms with van der Waals surface area (Å²) in [4.78, 5) is 24.7. The van der Waals surface area contributed by atoms with Crippen LogP contribution >= 0.6 is 79.6 Å². The van der Waals surface area contributed by atoms with E-state index in [2.05, 4.69) is 90.2 Å². The number of benzene rings is 3. The highest BCUT2D eigenvalue weighted by Gasteiger charge is 2.15. The summed E-state index contributed by atoms with van der Waals surface area (Å²) in [6, 6.07) is 15.7. The number of halogens is 5. The predicted octanol–water partition coefficient (Wildman–Crippen LogP) is 7.25. The standard InChI is InChI=1S/C22H13Br5N2O4/c23-14-6-13(20(16(25)7-14)33-22(31)12-4-2-1-3-5-12)10-28-29-19(30)11-32-21-17(26)8-15(24)9-18(21)27/h1-10H,11H2,(H,29,30)/b28-10-. The van der Waals surface area contributed by atoms with Gasteiger partial charge in [-0.25, -0.2) is 10.2 Å². The summed E-state index contributed by atoms with van der Waals surface area (Å²) in [5.74, 6) is -0.228. The van der Waals surface area contributed by atoms with Crippen LogP contribution in [0, 0.1) is 0 Å². The minimum Gasteiger partial charge on any atom is -0.481 e. The molecule has 0 heterocycles. The van der Waals surface area contributed by atoms with Gasteiger partial charge in [-0.15, -0.1) is 0 Å². The highest BCUT2D eigenvalue weighted by atomic mass is 79.9. The molecule has 0 aliphatic carbocycles. The van der Waals surface area contributed by atoms with Crippen molar-refractivity contribution in [2.24, 2.45) is 5.10 Å². The van der Waals surface area contributed by atoms with E-state index in [1.54, 1.807) is 48.5 Å². The molecule has 0 aliphatic heterocycles. The topological polar surface area (TPSA) is 77.0 Å². The van der Waals surface area contributed by atoms with E-state index in [1.165, 1.54) is 6.21 Å². The summed E-state index contributed by atoms with van der Waals surface area (Å²) < 4.78 is 14.6. The second-order valence-corrected chi connectivity index (χ2v) is 10.7. The second-order valence-electron chi connectivity index (χ2n) is 6.34. The van der Waals surface area contributed by atoms with Gasteiger partial charge in [-0.05, 0) is 84.2 Å². The van der Waals surface area contributed by atoms with Crippen molar-refractivity contribution in [2.75, 3.05) is 6.61 Å². The van der Waals surface area contributed by atoms with Gasteiger partial charge in [0.25, 0.3) is 5.91 Å². The van der Waals surface area contributed by atoms with Gasteiger partial charge in [-0.3, -0.25) is 4.79 Å². The molecule has 0 spiro atoms. The van der Waals surface area contributed by atoms with E-state index in [4.69, 9.17) is 9.47 Å². The maximum Gasteiger partial charge on any atom is 0.343 e. The van der Waals surface area contributed by atoms with Gasteiger partial charge in [-0.1, -0.05) is 50.1 Å². The van der Waals surface area contributed by atoms with Crippen LogP contribution in [0.2, 0.25) is 0 Å². The highest BCUT2D eigenvalue weighted by Crippen LogP contribution is 2.36. The van der Waals surface area contributed by atoms with Crippen LogP contribution in [0.4, 0.5) is 0 Å². The van der Waals surface area contributed by atoms with Crippen LogP contribution in [0.1, 0.15) is 15.9 Å². The zero-order valence-corrected chi connectivity index (χ0v) is 24.4. The molecular weight excluding hydrogens is 756 g/mol. The van der Waals surface area contributed by atoms with Gasteiger partial charge < -0.3 is 9.47 Å². The van der Waals surface area contributed by atoms with Gasteiger partial charge >= 0.3 is 5.97 Å². The molecule has 3 aromatic carbocycles. The minimum absolute atomic E-state index is 0.256. The zero-order chi connectivity index (χ0) is 24.0. The lowest BCUT2D eigenvalue weighted by atomic mass is 10.2. The Morgan fingerprint density at radius 2 is 1.42 bits per heavy atom. The monoisotopic (exact) mass is 764 g/mol. The number of hydrogen-bond acceptors (Lipinski definition) is 5. The van der Waals surface area contributed by atoms with Crippen LogP contribution in [0.3, 0.4) is 0 Å². The first-order chi connectivity index (χ1) is 15.7. The molecule has 1 amide bonds. The molecule has 1 N–H and O–H groups in total. The number of esters is 1. The van der Waals surface area contributed by atoms with Gasteiger partial charge in [0.15, 0.2) is 12.4 Å².